The van der Waals surface area contributed by atoms with Gasteiger partial charge in [0, 0.05) is 16.1 Å². The number of aliphatic hydroxyl groups is 1. The molecule has 4 heteroatoms. The molecule has 0 aliphatic rings. The third-order valence-electron chi connectivity index (χ3n) is 3.01. The van der Waals surface area contributed by atoms with Crippen LogP contribution < -0.4 is 0 Å². The quantitative estimate of drug-likeness (QED) is 0.870. The van der Waals surface area contributed by atoms with Gasteiger partial charge in [0.2, 0.25) is 0 Å². The molecule has 2 rings (SSSR count). The van der Waals surface area contributed by atoms with Gasteiger partial charge in [0.1, 0.15) is 17.7 Å². The van der Waals surface area contributed by atoms with E-state index in [1.54, 1.807) is 19.9 Å². The van der Waals surface area contributed by atoms with Crippen molar-refractivity contribution in [3.8, 4) is 0 Å². The molecule has 0 aromatic heterocycles. The molecule has 2 aromatic rings. The highest BCUT2D eigenvalue weighted by Gasteiger charge is 2.21. The molecule has 0 fully saturated rings. The van der Waals surface area contributed by atoms with Crippen LogP contribution in [0, 0.1) is 25.5 Å². The van der Waals surface area contributed by atoms with Crippen LogP contribution in [-0.4, -0.2) is 5.11 Å². The van der Waals surface area contributed by atoms with Crippen LogP contribution in [-0.2, 0) is 0 Å². The average molecular weight is 283 g/mol. The van der Waals surface area contributed by atoms with Crippen LogP contribution in [0.4, 0.5) is 8.78 Å². The third-order valence-corrected chi connectivity index (χ3v) is 3.25. The smallest absolute Gasteiger partial charge is 0.130 e. The minimum atomic E-state index is -1.35. The Kier molecular flexibility index (Phi) is 3.88. The number of aliphatic hydroxyl groups excluding tert-OH is 1. The number of aryl methyl sites for hydroxylation is 2. The van der Waals surface area contributed by atoms with Crippen molar-refractivity contribution in [2.75, 3.05) is 0 Å². The van der Waals surface area contributed by atoms with Crippen molar-refractivity contribution in [1.29, 1.82) is 0 Å². The zero-order valence-electron chi connectivity index (χ0n) is 10.5. The van der Waals surface area contributed by atoms with Crippen molar-refractivity contribution in [3.63, 3.8) is 0 Å². The van der Waals surface area contributed by atoms with E-state index in [0.717, 1.165) is 11.6 Å². The van der Waals surface area contributed by atoms with E-state index in [2.05, 4.69) is 0 Å². The lowest BCUT2D eigenvalue weighted by Crippen LogP contribution is -2.07. The average Bonchev–Trinajstić information content (AvgIpc) is 2.26. The highest BCUT2D eigenvalue weighted by atomic mass is 35.5. The van der Waals surface area contributed by atoms with Gasteiger partial charge in [0.25, 0.3) is 0 Å². The predicted octanol–water partition coefficient (Wildman–Crippen LogP) is 4.32. The highest BCUT2D eigenvalue weighted by Crippen LogP contribution is 2.30. The molecule has 1 unspecified atom stereocenters. The second-order valence-electron chi connectivity index (χ2n) is 4.55. The maximum absolute atomic E-state index is 13.9. The lowest BCUT2D eigenvalue weighted by molar-refractivity contribution is 0.209. The molecule has 0 saturated carbocycles. The molecular weight excluding hydrogens is 270 g/mol. The minimum absolute atomic E-state index is 0.00949. The fourth-order valence-electron chi connectivity index (χ4n) is 2.15. The highest BCUT2D eigenvalue weighted by molar-refractivity contribution is 6.30. The van der Waals surface area contributed by atoms with Gasteiger partial charge in [-0.1, -0.05) is 23.7 Å². The van der Waals surface area contributed by atoms with E-state index in [4.69, 9.17) is 11.6 Å². The SMILES string of the molecule is Cc1cc(C)c(C(O)c2ccc(Cl)cc2F)c(F)c1. The van der Waals surface area contributed by atoms with E-state index >= 15 is 0 Å². The van der Waals surface area contributed by atoms with Crippen LogP contribution in [0.5, 0.6) is 0 Å². The molecule has 0 amide bonds. The second-order valence-corrected chi connectivity index (χ2v) is 4.98. The Labute approximate surface area is 115 Å². The van der Waals surface area contributed by atoms with Crippen LogP contribution in [0.3, 0.4) is 0 Å². The van der Waals surface area contributed by atoms with Crippen molar-refractivity contribution in [2.24, 2.45) is 0 Å². The normalized spacial score (nSPS) is 12.5. The summed E-state index contributed by atoms with van der Waals surface area (Å²) in [6.45, 7) is 3.44. The topological polar surface area (TPSA) is 20.2 Å². The molecule has 0 aliphatic heterocycles. The Morgan fingerprint density at radius 1 is 1.05 bits per heavy atom. The van der Waals surface area contributed by atoms with Crippen LogP contribution in [0.15, 0.2) is 30.3 Å². The van der Waals surface area contributed by atoms with Crippen LogP contribution in [0.1, 0.15) is 28.4 Å². The molecule has 1 N–H and O–H groups in total. The minimum Gasteiger partial charge on any atom is -0.383 e. The lowest BCUT2D eigenvalue weighted by atomic mass is 9.95. The number of halogens is 3. The Hall–Kier alpha value is -1.45. The molecule has 0 radical (unpaired) electrons. The number of hydrogen-bond donors (Lipinski definition) is 1. The van der Waals surface area contributed by atoms with Gasteiger partial charge in [-0.2, -0.15) is 0 Å². The maximum atomic E-state index is 13.9. The van der Waals surface area contributed by atoms with Crippen molar-refractivity contribution in [1.82, 2.24) is 0 Å². The van der Waals surface area contributed by atoms with Gasteiger partial charge in [-0.25, -0.2) is 8.78 Å². The molecule has 0 bridgehead atoms. The summed E-state index contributed by atoms with van der Waals surface area (Å²) in [5.74, 6) is -1.20. The first-order valence-corrected chi connectivity index (χ1v) is 6.17. The molecule has 0 saturated heterocycles. The van der Waals surface area contributed by atoms with Crippen LogP contribution in [0.2, 0.25) is 5.02 Å². The van der Waals surface area contributed by atoms with Crippen molar-refractivity contribution >= 4 is 11.6 Å². The zero-order chi connectivity index (χ0) is 14.2. The summed E-state index contributed by atoms with van der Waals surface area (Å²) in [6, 6.07) is 6.99. The van der Waals surface area contributed by atoms with Gasteiger partial charge in [-0.05, 0) is 43.2 Å². The molecule has 0 aliphatic carbocycles. The number of benzene rings is 2. The third kappa shape index (κ3) is 2.77. The molecule has 0 spiro atoms. The van der Waals surface area contributed by atoms with Gasteiger partial charge in [0.15, 0.2) is 0 Å². The molecule has 2 aromatic carbocycles. The Balaban J connectivity index is 2.53. The Bertz CT molecular complexity index is 603. The van der Waals surface area contributed by atoms with Crippen molar-refractivity contribution in [2.45, 2.75) is 20.0 Å². The first-order chi connectivity index (χ1) is 8.90. The second kappa shape index (κ2) is 5.27. The first-order valence-electron chi connectivity index (χ1n) is 5.80. The van der Waals surface area contributed by atoms with E-state index in [1.807, 2.05) is 0 Å². The number of rotatable bonds is 2. The largest absolute Gasteiger partial charge is 0.383 e. The van der Waals surface area contributed by atoms with Crippen molar-refractivity contribution in [3.05, 3.63) is 69.2 Å². The van der Waals surface area contributed by atoms with Gasteiger partial charge in [0.05, 0.1) is 0 Å². The summed E-state index contributed by atoms with van der Waals surface area (Å²) in [5, 5.41) is 10.4. The summed E-state index contributed by atoms with van der Waals surface area (Å²) in [4.78, 5) is 0. The lowest BCUT2D eigenvalue weighted by Gasteiger charge is -2.16. The van der Waals surface area contributed by atoms with Gasteiger partial charge < -0.3 is 5.11 Å². The van der Waals surface area contributed by atoms with Gasteiger partial charge in [-0.15, -0.1) is 0 Å². The van der Waals surface area contributed by atoms with E-state index in [9.17, 15) is 13.9 Å². The maximum Gasteiger partial charge on any atom is 0.130 e. The predicted molar refractivity (Wildman–Crippen MR) is 71.3 cm³/mol. The molecule has 19 heavy (non-hydrogen) atoms. The summed E-state index contributed by atoms with van der Waals surface area (Å²) in [6.07, 6.45) is -1.35. The first kappa shape index (κ1) is 14.0. The van der Waals surface area contributed by atoms with Crippen LogP contribution in [0.25, 0.3) is 0 Å². The van der Waals surface area contributed by atoms with E-state index in [-0.39, 0.29) is 16.1 Å². The van der Waals surface area contributed by atoms with Crippen molar-refractivity contribution < 1.29 is 13.9 Å². The summed E-state index contributed by atoms with van der Waals surface area (Å²) >= 11 is 5.66. The Morgan fingerprint density at radius 2 is 1.74 bits per heavy atom. The van der Waals surface area contributed by atoms with Gasteiger partial charge >= 0.3 is 0 Å². The molecular formula is C15H13ClF2O. The zero-order valence-corrected chi connectivity index (χ0v) is 11.3. The van der Waals surface area contributed by atoms with E-state index in [0.29, 0.717) is 5.56 Å². The molecule has 100 valence electrons. The van der Waals surface area contributed by atoms with E-state index in [1.165, 1.54) is 18.2 Å². The monoisotopic (exact) mass is 282 g/mol. The summed E-state index contributed by atoms with van der Waals surface area (Å²) in [5.41, 5.74) is 1.43. The number of hydrogen-bond acceptors (Lipinski definition) is 1. The Morgan fingerprint density at radius 3 is 2.32 bits per heavy atom. The van der Waals surface area contributed by atoms with Crippen LogP contribution >= 0.6 is 11.6 Å². The molecule has 1 atom stereocenters. The fraction of sp³-hybridized carbons (Fsp3) is 0.200. The standard InChI is InChI=1S/C15H13ClF2O/c1-8-5-9(2)14(13(18)6-8)15(19)11-4-3-10(16)7-12(11)17/h3-7,15,19H,1-2H3. The fourth-order valence-corrected chi connectivity index (χ4v) is 2.31. The molecule has 0 heterocycles. The molecule has 1 nitrogen and oxygen atoms in total. The van der Waals surface area contributed by atoms with Gasteiger partial charge in [-0.3, -0.25) is 0 Å². The summed E-state index contributed by atoms with van der Waals surface area (Å²) in [7, 11) is 0. The summed E-state index contributed by atoms with van der Waals surface area (Å²) < 4.78 is 27.7. The van der Waals surface area contributed by atoms with E-state index < -0.39 is 17.7 Å².